The zero-order chi connectivity index (χ0) is 14.8. The van der Waals surface area contributed by atoms with Gasteiger partial charge in [0.15, 0.2) is 4.87 Å². The van der Waals surface area contributed by atoms with Gasteiger partial charge < -0.3 is 0 Å². The van der Waals surface area contributed by atoms with Crippen LogP contribution in [0.2, 0.25) is 5.02 Å². The van der Waals surface area contributed by atoms with Crippen LogP contribution in [0.3, 0.4) is 0 Å². The molecule has 1 atom stereocenters. The van der Waals surface area contributed by atoms with Gasteiger partial charge in [-0.3, -0.25) is 10.1 Å². The van der Waals surface area contributed by atoms with E-state index in [9.17, 15) is 15.4 Å². The molecular formula is C14H8Cl2N2O2. The van der Waals surface area contributed by atoms with Gasteiger partial charge in [-0.05, 0) is 35.4 Å². The normalized spacial score (nSPS) is 13.2. The molecule has 0 bridgehead atoms. The molecule has 0 aromatic heterocycles. The number of hydrogen-bond donors (Lipinski definition) is 0. The molecule has 0 spiro atoms. The van der Waals surface area contributed by atoms with E-state index in [4.69, 9.17) is 23.2 Å². The minimum absolute atomic E-state index is 0.0585. The number of nitro benzene ring substituents is 1. The summed E-state index contributed by atoms with van der Waals surface area (Å²) in [5.74, 6) is 0. The first kappa shape index (κ1) is 14.3. The lowest BCUT2D eigenvalue weighted by atomic mass is 9.91. The zero-order valence-electron chi connectivity index (χ0n) is 10.1. The van der Waals surface area contributed by atoms with Crippen LogP contribution >= 0.6 is 23.2 Å². The van der Waals surface area contributed by atoms with Gasteiger partial charge in [-0.1, -0.05) is 35.3 Å². The second-order valence-electron chi connectivity index (χ2n) is 4.08. The highest BCUT2D eigenvalue weighted by Crippen LogP contribution is 2.37. The molecule has 0 aliphatic heterocycles. The van der Waals surface area contributed by atoms with Gasteiger partial charge in [0.25, 0.3) is 5.69 Å². The molecule has 0 saturated heterocycles. The fourth-order valence-corrected chi connectivity index (χ4v) is 2.25. The predicted molar refractivity (Wildman–Crippen MR) is 76.8 cm³/mol. The van der Waals surface area contributed by atoms with Crippen molar-refractivity contribution in [1.82, 2.24) is 0 Å². The maximum atomic E-state index is 10.6. The first-order valence-electron chi connectivity index (χ1n) is 5.58. The molecule has 2 aromatic rings. The number of benzene rings is 2. The van der Waals surface area contributed by atoms with Crippen LogP contribution in [0.15, 0.2) is 48.5 Å². The molecule has 0 aliphatic carbocycles. The topological polar surface area (TPSA) is 66.9 Å². The van der Waals surface area contributed by atoms with Crippen molar-refractivity contribution in [1.29, 1.82) is 5.26 Å². The molecule has 2 rings (SSSR count). The number of nitrogens with zero attached hydrogens (tertiary/aromatic N) is 2. The van der Waals surface area contributed by atoms with Gasteiger partial charge in [-0.2, -0.15) is 5.26 Å². The van der Waals surface area contributed by atoms with Crippen LogP contribution < -0.4 is 0 Å². The van der Waals surface area contributed by atoms with E-state index in [1.807, 2.05) is 6.07 Å². The molecule has 4 nitrogen and oxygen atoms in total. The zero-order valence-corrected chi connectivity index (χ0v) is 11.6. The molecule has 0 saturated carbocycles. The van der Waals surface area contributed by atoms with Crippen molar-refractivity contribution in [3.8, 4) is 6.07 Å². The Labute approximate surface area is 125 Å². The number of rotatable bonds is 3. The molecule has 0 fully saturated rings. The minimum Gasteiger partial charge on any atom is -0.258 e. The summed E-state index contributed by atoms with van der Waals surface area (Å²) < 4.78 is 0. The molecule has 6 heteroatoms. The van der Waals surface area contributed by atoms with Crippen molar-refractivity contribution in [2.75, 3.05) is 0 Å². The number of nitro groups is 1. The van der Waals surface area contributed by atoms with E-state index in [0.29, 0.717) is 16.1 Å². The Balaban J connectivity index is 2.51. The summed E-state index contributed by atoms with van der Waals surface area (Å²) in [4.78, 5) is 8.70. The molecule has 0 aliphatic rings. The molecule has 0 N–H and O–H groups in total. The fourth-order valence-electron chi connectivity index (χ4n) is 1.81. The largest absolute Gasteiger partial charge is 0.269 e. The van der Waals surface area contributed by atoms with E-state index < -0.39 is 9.80 Å². The average molecular weight is 307 g/mol. The lowest BCUT2D eigenvalue weighted by Crippen LogP contribution is -2.17. The predicted octanol–water partition coefficient (Wildman–Crippen LogP) is 4.25. The van der Waals surface area contributed by atoms with Crippen LogP contribution in [0.5, 0.6) is 0 Å². The summed E-state index contributed by atoms with van der Waals surface area (Å²) in [5, 5.41) is 20.5. The number of non-ortho nitro benzene ring substituents is 1. The highest BCUT2D eigenvalue weighted by Gasteiger charge is 2.32. The Bertz CT molecular complexity index is 695. The summed E-state index contributed by atoms with van der Waals surface area (Å²) >= 11 is 12.3. The molecule has 100 valence electrons. The van der Waals surface area contributed by atoms with Crippen molar-refractivity contribution >= 4 is 28.9 Å². The van der Waals surface area contributed by atoms with E-state index in [2.05, 4.69) is 0 Å². The molecule has 20 heavy (non-hydrogen) atoms. The monoisotopic (exact) mass is 306 g/mol. The van der Waals surface area contributed by atoms with Crippen molar-refractivity contribution in [3.05, 3.63) is 74.8 Å². The molecular weight excluding hydrogens is 299 g/mol. The van der Waals surface area contributed by atoms with Crippen LogP contribution in [0.4, 0.5) is 5.69 Å². The molecule has 1 unspecified atom stereocenters. The van der Waals surface area contributed by atoms with Crippen LogP contribution in [-0.4, -0.2) is 4.92 Å². The Kier molecular flexibility index (Phi) is 3.93. The average Bonchev–Trinajstić information content (AvgIpc) is 2.46. The quantitative estimate of drug-likeness (QED) is 0.483. The van der Waals surface area contributed by atoms with E-state index in [0.717, 1.165) is 0 Å². The third kappa shape index (κ3) is 2.60. The number of hydrogen-bond acceptors (Lipinski definition) is 3. The lowest BCUT2D eigenvalue weighted by Gasteiger charge is -2.20. The maximum absolute atomic E-state index is 10.6. The number of halogens is 2. The van der Waals surface area contributed by atoms with Crippen molar-refractivity contribution in [3.63, 3.8) is 0 Å². The molecule has 0 heterocycles. The van der Waals surface area contributed by atoms with Crippen molar-refractivity contribution < 1.29 is 4.92 Å². The molecule has 0 radical (unpaired) electrons. The highest BCUT2D eigenvalue weighted by atomic mass is 35.5. The van der Waals surface area contributed by atoms with Gasteiger partial charge in [-0.15, -0.1) is 0 Å². The van der Waals surface area contributed by atoms with Gasteiger partial charge in [-0.25, -0.2) is 0 Å². The first-order valence-corrected chi connectivity index (χ1v) is 6.34. The van der Waals surface area contributed by atoms with Crippen molar-refractivity contribution in [2.24, 2.45) is 0 Å². The number of alkyl halides is 1. The summed E-state index contributed by atoms with van der Waals surface area (Å²) in [6.07, 6.45) is 0. The van der Waals surface area contributed by atoms with E-state index in [1.54, 1.807) is 24.3 Å². The summed E-state index contributed by atoms with van der Waals surface area (Å²) in [7, 11) is 0. The Morgan fingerprint density at radius 3 is 2.30 bits per heavy atom. The van der Waals surface area contributed by atoms with Gasteiger partial charge in [0.1, 0.15) is 0 Å². The Morgan fingerprint density at radius 2 is 1.80 bits per heavy atom. The van der Waals surface area contributed by atoms with E-state index >= 15 is 0 Å². The highest BCUT2D eigenvalue weighted by molar-refractivity contribution is 6.31. The van der Waals surface area contributed by atoms with Gasteiger partial charge in [0, 0.05) is 17.2 Å². The first-order chi connectivity index (χ1) is 9.47. The Hall–Kier alpha value is -2.09. The standard InChI is InChI=1S/C14H8Cl2N2O2/c15-12-3-1-2-11(8-12)14(16,9-17)10-4-6-13(7-5-10)18(19)20/h1-8H. The smallest absolute Gasteiger partial charge is 0.258 e. The molecule has 0 amide bonds. The van der Waals surface area contributed by atoms with Crippen LogP contribution in [0, 0.1) is 21.4 Å². The Morgan fingerprint density at radius 1 is 1.15 bits per heavy atom. The fraction of sp³-hybridized carbons (Fsp3) is 0.0714. The SMILES string of the molecule is N#CC(Cl)(c1ccc([N+](=O)[O-])cc1)c1cccc(Cl)c1. The summed E-state index contributed by atoms with van der Waals surface area (Å²) in [6, 6.07) is 14.2. The van der Waals surface area contributed by atoms with E-state index in [1.165, 1.54) is 24.3 Å². The minimum atomic E-state index is -1.43. The lowest BCUT2D eigenvalue weighted by molar-refractivity contribution is -0.384. The van der Waals surface area contributed by atoms with Crippen LogP contribution in [0.1, 0.15) is 11.1 Å². The summed E-state index contributed by atoms with van der Waals surface area (Å²) in [5.41, 5.74) is 0.911. The third-order valence-electron chi connectivity index (χ3n) is 2.85. The molecule has 2 aromatic carbocycles. The van der Waals surface area contributed by atoms with Crippen LogP contribution in [-0.2, 0) is 4.87 Å². The third-order valence-corrected chi connectivity index (χ3v) is 3.61. The van der Waals surface area contributed by atoms with Crippen LogP contribution in [0.25, 0.3) is 0 Å². The van der Waals surface area contributed by atoms with E-state index in [-0.39, 0.29) is 5.69 Å². The van der Waals surface area contributed by atoms with Gasteiger partial charge in [0.2, 0.25) is 0 Å². The maximum Gasteiger partial charge on any atom is 0.269 e. The second kappa shape index (κ2) is 5.49. The van der Waals surface area contributed by atoms with Gasteiger partial charge >= 0.3 is 0 Å². The van der Waals surface area contributed by atoms with Gasteiger partial charge in [0.05, 0.1) is 11.0 Å². The second-order valence-corrected chi connectivity index (χ2v) is 5.09. The van der Waals surface area contributed by atoms with Crippen molar-refractivity contribution in [2.45, 2.75) is 4.87 Å². The number of nitriles is 1. The summed E-state index contributed by atoms with van der Waals surface area (Å²) in [6.45, 7) is 0.